The highest BCUT2D eigenvalue weighted by Crippen LogP contribution is 2.36. The number of thiazole rings is 1. The van der Waals surface area contributed by atoms with Gasteiger partial charge in [-0.15, -0.1) is 11.3 Å². The van der Waals surface area contributed by atoms with E-state index in [2.05, 4.69) is 21.8 Å². The Morgan fingerprint density at radius 2 is 2.09 bits per heavy atom. The van der Waals surface area contributed by atoms with Crippen molar-refractivity contribution < 1.29 is 13.6 Å². The molecule has 1 aliphatic rings. The number of aromatic nitrogens is 6. The minimum atomic E-state index is -2.71. The van der Waals surface area contributed by atoms with Gasteiger partial charge in [0.1, 0.15) is 22.2 Å². The summed E-state index contributed by atoms with van der Waals surface area (Å²) >= 11 is 1.09. The fourth-order valence-electron chi connectivity index (χ4n) is 4.30. The highest BCUT2D eigenvalue weighted by Gasteiger charge is 2.28. The van der Waals surface area contributed by atoms with Gasteiger partial charge in [0.15, 0.2) is 11.6 Å². The summed E-state index contributed by atoms with van der Waals surface area (Å²) < 4.78 is 30.1. The average molecular weight is 481 g/mol. The molecule has 0 N–H and O–H groups in total. The van der Waals surface area contributed by atoms with Crippen LogP contribution < -0.4 is 0 Å². The lowest BCUT2D eigenvalue weighted by Gasteiger charge is -2.21. The van der Waals surface area contributed by atoms with E-state index in [1.54, 1.807) is 7.05 Å². The molecule has 0 radical (unpaired) electrons. The predicted octanol–water partition coefficient (Wildman–Crippen LogP) is 5.22. The standard InChI is InChI=1S/C24H22F2N6OS/c1-3-18-20(22(25)26)29-24(34-18)16-13-27-31(2)21(16)17(33)11-14-9-10-32-19(12-14)28-23(30-32)15-7-5-4-6-8-15/h3-8,13-14,22H,1,9-12H2,2H3. The number of hydrogen-bond acceptors (Lipinski definition) is 6. The number of aryl methyl sites for hydroxylation is 2. The summed E-state index contributed by atoms with van der Waals surface area (Å²) in [7, 11) is 1.68. The molecule has 0 saturated heterocycles. The zero-order chi connectivity index (χ0) is 23.8. The predicted molar refractivity (Wildman–Crippen MR) is 126 cm³/mol. The lowest BCUT2D eigenvalue weighted by atomic mass is 9.91. The number of rotatable bonds is 7. The Hall–Kier alpha value is -3.53. The number of fused-ring (bicyclic) bond motifs is 1. The molecule has 7 nitrogen and oxygen atoms in total. The smallest absolute Gasteiger partial charge is 0.281 e. The number of ketones is 1. The van der Waals surface area contributed by atoms with Crippen molar-refractivity contribution >= 4 is 23.2 Å². The van der Waals surface area contributed by atoms with E-state index in [0.29, 0.717) is 46.4 Å². The zero-order valence-electron chi connectivity index (χ0n) is 18.5. The second-order valence-electron chi connectivity index (χ2n) is 8.23. The number of Topliss-reactive ketones (excluding diaryl/α,β-unsaturated/α-hetero) is 1. The molecule has 5 rings (SSSR count). The number of carbonyl (C=O) groups excluding carboxylic acids is 1. The topological polar surface area (TPSA) is 78.5 Å². The minimum Gasteiger partial charge on any atom is -0.292 e. The molecule has 4 aromatic rings. The van der Waals surface area contributed by atoms with Crippen LogP contribution in [0.25, 0.3) is 28.0 Å². The molecule has 0 bridgehead atoms. The first kappa shape index (κ1) is 22.3. The van der Waals surface area contributed by atoms with E-state index in [1.165, 1.54) is 17.0 Å². The van der Waals surface area contributed by atoms with Crippen LogP contribution in [0, 0.1) is 5.92 Å². The Bertz CT molecular complexity index is 1360. The van der Waals surface area contributed by atoms with E-state index in [9.17, 15) is 13.6 Å². The van der Waals surface area contributed by atoms with Gasteiger partial charge in [-0.3, -0.25) is 9.48 Å². The van der Waals surface area contributed by atoms with Crippen LogP contribution in [0.5, 0.6) is 0 Å². The lowest BCUT2D eigenvalue weighted by Crippen LogP contribution is -2.23. The third-order valence-electron chi connectivity index (χ3n) is 5.98. The molecule has 0 aliphatic carbocycles. The zero-order valence-corrected chi connectivity index (χ0v) is 19.3. The summed E-state index contributed by atoms with van der Waals surface area (Å²) in [5, 5.41) is 9.17. The molecular formula is C24H22F2N6OS. The van der Waals surface area contributed by atoms with Crippen LogP contribution in [-0.2, 0) is 20.0 Å². The maximum Gasteiger partial charge on any atom is 0.281 e. The van der Waals surface area contributed by atoms with Gasteiger partial charge in [-0.1, -0.05) is 43.0 Å². The SMILES string of the molecule is C=Cc1sc(-c2cnn(C)c2C(=O)CC2CCn3nc(-c4ccccc4)nc3C2)nc1C(F)F. The fourth-order valence-corrected chi connectivity index (χ4v) is 5.23. The normalized spacial score (nSPS) is 15.5. The van der Waals surface area contributed by atoms with Gasteiger partial charge in [0.25, 0.3) is 6.43 Å². The van der Waals surface area contributed by atoms with Crippen molar-refractivity contribution in [1.29, 1.82) is 0 Å². The summed E-state index contributed by atoms with van der Waals surface area (Å²) in [6.45, 7) is 4.29. The number of alkyl halides is 2. The first-order valence-corrected chi connectivity index (χ1v) is 11.7. The third kappa shape index (κ3) is 4.09. The largest absolute Gasteiger partial charge is 0.292 e. The van der Waals surface area contributed by atoms with Gasteiger partial charge >= 0.3 is 0 Å². The number of halogens is 2. The van der Waals surface area contributed by atoms with Crippen LogP contribution in [-0.4, -0.2) is 35.3 Å². The summed E-state index contributed by atoms with van der Waals surface area (Å²) in [5.74, 6) is 1.57. The number of hydrogen-bond donors (Lipinski definition) is 0. The monoisotopic (exact) mass is 480 g/mol. The molecule has 1 atom stereocenters. The second-order valence-corrected chi connectivity index (χ2v) is 9.26. The Morgan fingerprint density at radius 1 is 1.29 bits per heavy atom. The maximum atomic E-state index is 13.3. The Morgan fingerprint density at radius 3 is 2.79 bits per heavy atom. The van der Waals surface area contributed by atoms with E-state index >= 15 is 0 Å². The molecule has 3 aromatic heterocycles. The van der Waals surface area contributed by atoms with Crippen molar-refractivity contribution in [3.05, 3.63) is 65.2 Å². The van der Waals surface area contributed by atoms with Crippen molar-refractivity contribution in [2.45, 2.75) is 32.2 Å². The first-order chi connectivity index (χ1) is 16.4. The van der Waals surface area contributed by atoms with Crippen molar-refractivity contribution in [3.8, 4) is 22.0 Å². The van der Waals surface area contributed by atoms with Gasteiger partial charge in [0.2, 0.25) is 0 Å². The van der Waals surface area contributed by atoms with Crippen LogP contribution in [0.4, 0.5) is 8.78 Å². The van der Waals surface area contributed by atoms with E-state index in [-0.39, 0.29) is 17.4 Å². The van der Waals surface area contributed by atoms with E-state index in [0.717, 1.165) is 29.1 Å². The highest BCUT2D eigenvalue weighted by molar-refractivity contribution is 7.16. The van der Waals surface area contributed by atoms with Gasteiger partial charge in [-0.25, -0.2) is 23.4 Å². The molecule has 1 aromatic carbocycles. The molecule has 1 unspecified atom stereocenters. The van der Waals surface area contributed by atoms with Crippen molar-refractivity contribution in [3.63, 3.8) is 0 Å². The Balaban J connectivity index is 1.36. The number of carbonyl (C=O) groups is 1. The van der Waals surface area contributed by atoms with Crippen molar-refractivity contribution in [2.75, 3.05) is 0 Å². The second kappa shape index (κ2) is 9.02. The summed E-state index contributed by atoms with van der Waals surface area (Å²) in [4.78, 5) is 22.4. The van der Waals surface area contributed by atoms with Crippen LogP contribution in [0.1, 0.15) is 46.2 Å². The summed E-state index contributed by atoms with van der Waals surface area (Å²) in [5.41, 5.74) is 1.49. The van der Waals surface area contributed by atoms with Crippen LogP contribution in [0.3, 0.4) is 0 Å². The fraction of sp³-hybridized carbons (Fsp3) is 0.292. The first-order valence-electron chi connectivity index (χ1n) is 10.9. The molecule has 0 spiro atoms. The minimum absolute atomic E-state index is 0.0924. The molecule has 10 heteroatoms. The number of nitrogens with zero attached hydrogens (tertiary/aromatic N) is 6. The van der Waals surface area contributed by atoms with Gasteiger partial charge in [-0.2, -0.15) is 10.2 Å². The van der Waals surface area contributed by atoms with Crippen LogP contribution in [0.15, 0.2) is 43.1 Å². The van der Waals surface area contributed by atoms with E-state index in [1.807, 2.05) is 35.0 Å². The molecule has 0 saturated carbocycles. The number of benzene rings is 1. The van der Waals surface area contributed by atoms with Crippen molar-refractivity contribution in [1.82, 2.24) is 29.5 Å². The summed E-state index contributed by atoms with van der Waals surface area (Å²) in [6.07, 6.45) is 1.92. The van der Waals surface area contributed by atoms with Gasteiger partial charge in [0, 0.05) is 32.0 Å². The lowest BCUT2D eigenvalue weighted by molar-refractivity contribution is 0.0944. The molecule has 0 amide bonds. The van der Waals surface area contributed by atoms with E-state index in [4.69, 9.17) is 4.98 Å². The molecule has 0 fully saturated rings. The molecule has 174 valence electrons. The highest BCUT2D eigenvalue weighted by atomic mass is 32.1. The van der Waals surface area contributed by atoms with E-state index < -0.39 is 6.43 Å². The van der Waals surface area contributed by atoms with Gasteiger partial charge in [0.05, 0.1) is 16.6 Å². The summed E-state index contributed by atoms with van der Waals surface area (Å²) in [6, 6.07) is 9.80. The molecule has 34 heavy (non-hydrogen) atoms. The van der Waals surface area contributed by atoms with Gasteiger partial charge < -0.3 is 0 Å². The van der Waals surface area contributed by atoms with Gasteiger partial charge in [-0.05, 0) is 12.3 Å². The van der Waals surface area contributed by atoms with Crippen molar-refractivity contribution in [2.24, 2.45) is 13.0 Å². The van der Waals surface area contributed by atoms with Crippen LogP contribution >= 0.6 is 11.3 Å². The Labute approximate surface area is 198 Å². The third-order valence-corrected chi connectivity index (χ3v) is 7.08. The van der Waals surface area contributed by atoms with Crippen LogP contribution in [0.2, 0.25) is 0 Å². The molecular weight excluding hydrogens is 458 g/mol. The Kier molecular flexibility index (Phi) is 5.91. The quantitative estimate of drug-likeness (QED) is 0.339. The average Bonchev–Trinajstić information content (AvgIpc) is 3.55. The molecule has 1 aliphatic heterocycles. The molecule has 4 heterocycles. The maximum absolute atomic E-state index is 13.3.